The van der Waals surface area contributed by atoms with Gasteiger partial charge in [-0.2, -0.15) is 0 Å². The van der Waals surface area contributed by atoms with Gasteiger partial charge in [0, 0.05) is 58.7 Å². The molecule has 2 aliphatic rings. The van der Waals surface area contributed by atoms with Crippen molar-refractivity contribution >= 4 is 11.8 Å². The van der Waals surface area contributed by atoms with Crippen molar-refractivity contribution in [2.75, 3.05) is 39.3 Å². The number of aliphatic hydroxyl groups is 1. The molecule has 1 N–H and O–H groups in total. The fraction of sp³-hybridized carbons (Fsp3) is 0.882. The molecule has 2 aliphatic heterocycles. The Bertz CT molecular complexity index is 408. The van der Waals surface area contributed by atoms with Crippen LogP contribution in [0.25, 0.3) is 0 Å². The summed E-state index contributed by atoms with van der Waals surface area (Å²) in [5.41, 5.74) is 0. The van der Waals surface area contributed by atoms with Crippen LogP contribution in [0.1, 0.15) is 46.0 Å². The zero-order valence-electron chi connectivity index (χ0n) is 14.5. The maximum absolute atomic E-state index is 12.5. The molecule has 2 fully saturated rings. The van der Waals surface area contributed by atoms with Gasteiger partial charge in [-0.3, -0.25) is 14.5 Å². The summed E-state index contributed by atoms with van der Waals surface area (Å²) in [7, 11) is 0. The van der Waals surface area contributed by atoms with E-state index in [4.69, 9.17) is 0 Å². The molecule has 2 atom stereocenters. The summed E-state index contributed by atoms with van der Waals surface area (Å²) in [6.45, 7) is 8.16. The first-order chi connectivity index (χ1) is 11.0. The molecule has 0 aromatic heterocycles. The summed E-state index contributed by atoms with van der Waals surface area (Å²) in [6, 6.07) is 0.0775. The number of carbonyl (C=O) groups is 2. The highest BCUT2D eigenvalue weighted by atomic mass is 16.3. The largest absolute Gasteiger partial charge is 0.392 e. The van der Waals surface area contributed by atoms with Gasteiger partial charge < -0.3 is 14.9 Å². The average molecular weight is 325 g/mol. The predicted octanol–water partition coefficient (Wildman–Crippen LogP) is 0.693. The number of rotatable bonds is 5. The number of hydrogen-bond acceptors (Lipinski definition) is 4. The van der Waals surface area contributed by atoms with Gasteiger partial charge in [-0.1, -0.05) is 6.92 Å². The highest BCUT2D eigenvalue weighted by Gasteiger charge is 2.29. The number of piperidine rings is 1. The van der Waals surface area contributed by atoms with Gasteiger partial charge in [0.25, 0.3) is 0 Å². The highest BCUT2D eigenvalue weighted by Crippen LogP contribution is 2.21. The van der Waals surface area contributed by atoms with Gasteiger partial charge in [-0.05, 0) is 25.7 Å². The molecule has 0 saturated carbocycles. The third-order valence-corrected chi connectivity index (χ3v) is 5.11. The van der Waals surface area contributed by atoms with Gasteiger partial charge in [0.15, 0.2) is 0 Å². The molecule has 0 radical (unpaired) electrons. The van der Waals surface area contributed by atoms with Crippen LogP contribution in [0.2, 0.25) is 0 Å². The molecule has 0 aliphatic carbocycles. The lowest BCUT2D eigenvalue weighted by molar-refractivity contribution is -0.138. The van der Waals surface area contributed by atoms with Crippen LogP contribution < -0.4 is 0 Å². The first-order valence-corrected chi connectivity index (χ1v) is 8.96. The van der Waals surface area contributed by atoms with E-state index in [1.54, 1.807) is 6.92 Å². The molecule has 23 heavy (non-hydrogen) atoms. The molecule has 0 bridgehead atoms. The maximum Gasteiger partial charge on any atom is 0.224 e. The maximum atomic E-state index is 12.5. The second-order valence-corrected chi connectivity index (χ2v) is 6.81. The van der Waals surface area contributed by atoms with Crippen molar-refractivity contribution in [1.82, 2.24) is 14.7 Å². The minimum absolute atomic E-state index is 0.0775. The van der Waals surface area contributed by atoms with Crippen LogP contribution >= 0.6 is 0 Å². The third-order valence-electron chi connectivity index (χ3n) is 5.11. The fourth-order valence-corrected chi connectivity index (χ4v) is 3.56. The van der Waals surface area contributed by atoms with Crippen molar-refractivity contribution < 1.29 is 14.7 Å². The van der Waals surface area contributed by atoms with E-state index < -0.39 is 0 Å². The summed E-state index contributed by atoms with van der Waals surface area (Å²) in [5, 5.41) is 9.72. The molecule has 2 heterocycles. The van der Waals surface area contributed by atoms with Crippen LogP contribution in [0.15, 0.2) is 0 Å². The first-order valence-electron chi connectivity index (χ1n) is 8.96. The molecular weight excluding hydrogens is 294 g/mol. The zero-order valence-corrected chi connectivity index (χ0v) is 14.5. The van der Waals surface area contributed by atoms with Crippen molar-refractivity contribution in [2.24, 2.45) is 0 Å². The Morgan fingerprint density at radius 1 is 1.13 bits per heavy atom. The van der Waals surface area contributed by atoms with Crippen molar-refractivity contribution in [2.45, 2.75) is 58.1 Å². The molecular formula is C17H31N3O3. The molecule has 6 heteroatoms. The van der Waals surface area contributed by atoms with Crippen LogP contribution in [0.5, 0.6) is 0 Å². The summed E-state index contributed by atoms with van der Waals surface area (Å²) in [5.74, 6) is 0.250. The number of aliphatic hydroxyl groups excluding tert-OH is 1. The topological polar surface area (TPSA) is 64.1 Å². The Kier molecular flexibility index (Phi) is 6.84. The van der Waals surface area contributed by atoms with E-state index in [2.05, 4.69) is 4.90 Å². The van der Waals surface area contributed by atoms with Crippen molar-refractivity contribution in [3.63, 3.8) is 0 Å². The molecule has 2 rings (SSSR count). The molecule has 2 saturated heterocycles. The minimum Gasteiger partial charge on any atom is -0.392 e. The minimum atomic E-state index is -0.274. The molecule has 0 unspecified atom stereocenters. The van der Waals surface area contributed by atoms with E-state index in [0.29, 0.717) is 13.0 Å². The number of nitrogens with zero attached hydrogens (tertiary/aromatic N) is 3. The van der Waals surface area contributed by atoms with Crippen LogP contribution in [0.4, 0.5) is 0 Å². The molecule has 6 nitrogen and oxygen atoms in total. The molecule has 0 spiro atoms. The summed E-state index contributed by atoms with van der Waals surface area (Å²) in [6.07, 6.45) is 4.03. The van der Waals surface area contributed by atoms with E-state index in [1.165, 1.54) is 0 Å². The molecule has 0 aromatic rings. The Balaban J connectivity index is 1.79. The Hall–Kier alpha value is -1.14. The first kappa shape index (κ1) is 18.2. The Morgan fingerprint density at radius 3 is 2.43 bits per heavy atom. The normalized spacial score (nSPS) is 24.6. The number of likely N-dealkylation sites (tertiary alicyclic amines) is 1. The van der Waals surface area contributed by atoms with Crippen LogP contribution in [0.3, 0.4) is 0 Å². The van der Waals surface area contributed by atoms with Gasteiger partial charge in [-0.25, -0.2) is 0 Å². The van der Waals surface area contributed by atoms with Crippen molar-refractivity contribution in [1.29, 1.82) is 0 Å². The Labute approximate surface area is 139 Å². The highest BCUT2D eigenvalue weighted by molar-refractivity contribution is 5.79. The van der Waals surface area contributed by atoms with E-state index >= 15 is 0 Å². The standard InChI is InChI=1S/C17H31N3O3/c1-3-16(22)13-18-8-10-19(11-9-18)17(23)12-15-6-4-5-7-20(15)14(2)21/h15-16,22H,3-13H2,1-2H3/t15-,16-/m1/s1. The van der Waals surface area contributed by atoms with Crippen LogP contribution in [-0.2, 0) is 9.59 Å². The second-order valence-electron chi connectivity index (χ2n) is 6.81. The Morgan fingerprint density at radius 2 is 1.83 bits per heavy atom. The molecule has 132 valence electrons. The number of amides is 2. The van der Waals surface area contributed by atoms with E-state index in [9.17, 15) is 14.7 Å². The van der Waals surface area contributed by atoms with Gasteiger partial charge in [0.05, 0.1) is 6.10 Å². The summed E-state index contributed by atoms with van der Waals surface area (Å²) >= 11 is 0. The van der Waals surface area contributed by atoms with Gasteiger partial charge in [-0.15, -0.1) is 0 Å². The average Bonchev–Trinajstić information content (AvgIpc) is 2.55. The number of carbonyl (C=O) groups excluding carboxylic acids is 2. The molecule has 2 amide bonds. The van der Waals surface area contributed by atoms with Gasteiger partial charge in [0.1, 0.15) is 0 Å². The van der Waals surface area contributed by atoms with E-state index in [-0.39, 0.29) is 24.0 Å². The predicted molar refractivity (Wildman–Crippen MR) is 89.0 cm³/mol. The third kappa shape index (κ3) is 5.18. The van der Waals surface area contributed by atoms with Crippen LogP contribution in [-0.4, -0.2) is 83.0 Å². The lowest BCUT2D eigenvalue weighted by atomic mass is 9.98. The molecule has 0 aromatic carbocycles. The number of hydrogen-bond donors (Lipinski definition) is 1. The van der Waals surface area contributed by atoms with Crippen molar-refractivity contribution in [3.8, 4) is 0 Å². The summed E-state index contributed by atoms with van der Waals surface area (Å²) in [4.78, 5) is 30.3. The lowest BCUT2D eigenvalue weighted by Crippen LogP contribution is -2.52. The second kappa shape index (κ2) is 8.64. The van der Waals surface area contributed by atoms with Crippen LogP contribution in [0, 0.1) is 0 Å². The lowest BCUT2D eigenvalue weighted by Gasteiger charge is -2.38. The van der Waals surface area contributed by atoms with Gasteiger partial charge in [0.2, 0.25) is 11.8 Å². The van der Waals surface area contributed by atoms with Crippen molar-refractivity contribution in [3.05, 3.63) is 0 Å². The van der Waals surface area contributed by atoms with E-state index in [1.807, 2.05) is 16.7 Å². The smallest absolute Gasteiger partial charge is 0.224 e. The monoisotopic (exact) mass is 325 g/mol. The quantitative estimate of drug-likeness (QED) is 0.808. The van der Waals surface area contributed by atoms with E-state index in [0.717, 1.165) is 58.4 Å². The number of piperazine rings is 1. The number of β-amino-alcohol motifs (C(OH)–C–C–N with tert-alkyl or cyclic N) is 1. The SMILES string of the molecule is CC[C@@H](O)CN1CCN(C(=O)C[C@H]2CCCCN2C(C)=O)CC1. The summed E-state index contributed by atoms with van der Waals surface area (Å²) < 4.78 is 0. The fourth-order valence-electron chi connectivity index (χ4n) is 3.56. The van der Waals surface area contributed by atoms with Gasteiger partial charge >= 0.3 is 0 Å². The zero-order chi connectivity index (χ0) is 16.8.